The Bertz CT molecular complexity index is 4430. The summed E-state index contributed by atoms with van der Waals surface area (Å²) in [5.41, 5.74) is 31.8. The molecule has 0 unspecified atom stereocenters. The van der Waals surface area contributed by atoms with E-state index >= 15 is 0 Å². The molecule has 2 aromatic heterocycles. The highest BCUT2D eigenvalue weighted by molar-refractivity contribution is 6.11. The zero-order valence-electron chi connectivity index (χ0n) is 54.7. The first kappa shape index (κ1) is 58.1. The number of fused-ring (bicyclic) bond motifs is 6. The van der Waals surface area contributed by atoms with E-state index in [1.165, 1.54) is 133 Å². The van der Waals surface area contributed by atoms with Gasteiger partial charge in [-0.1, -0.05) is 228 Å². The predicted octanol–water partition coefficient (Wildman–Crippen LogP) is 24.3. The fourth-order valence-electron chi connectivity index (χ4n) is 13.6. The highest BCUT2D eigenvalue weighted by Gasteiger charge is 2.25. The topological polar surface area (TPSA) is 9.86 Å². The second-order valence-corrected chi connectivity index (χ2v) is 29.4. The molecule has 0 spiro atoms. The molecule has 88 heavy (non-hydrogen) atoms. The molecule has 0 radical (unpaired) electrons. The van der Waals surface area contributed by atoms with Crippen molar-refractivity contribution in [1.29, 1.82) is 0 Å². The lowest BCUT2D eigenvalue weighted by atomic mass is 9.84. The first-order valence-corrected chi connectivity index (χ1v) is 31.7. The second kappa shape index (κ2) is 21.4. The molecule has 0 fully saturated rings. The van der Waals surface area contributed by atoms with Gasteiger partial charge in [0.2, 0.25) is 0 Å². The van der Waals surface area contributed by atoms with Crippen LogP contribution in [0.4, 0.5) is 0 Å². The number of rotatable bonds is 8. The van der Waals surface area contributed by atoms with Gasteiger partial charge in [-0.05, 0) is 234 Å². The molecule has 0 N–H and O–H groups in total. The molecule has 0 atom stereocenters. The minimum atomic E-state index is 0.000835. The summed E-state index contributed by atoms with van der Waals surface area (Å²) in [5, 5.41) is 5.14. The Hall–Kier alpha value is -8.98. The monoisotopic (exact) mass is 1140 g/mol. The van der Waals surface area contributed by atoms with Gasteiger partial charge in [-0.15, -0.1) is 0 Å². The maximum absolute atomic E-state index is 2.50. The average molecular weight is 1150 g/mol. The lowest BCUT2D eigenvalue weighted by Crippen LogP contribution is -2.10. The van der Waals surface area contributed by atoms with Gasteiger partial charge < -0.3 is 9.13 Å². The second-order valence-electron chi connectivity index (χ2n) is 29.4. The van der Waals surface area contributed by atoms with Crippen molar-refractivity contribution in [3.8, 4) is 78.1 Å². The molecular weight excluding hydrogens is 1060 g/mol. The van der Waals surface area contributed by atoms with Crippen LogP contribution in [0, 0.1) is 27.7 Å². The van der Waals surface area contributed by atoms with Gasteiger partial charge >= 0.3 is 0 Å². The summed E-state index contributed by atoms with van der Waals surface area (Å²) < 4.78 is 5.00. The molecule has 11 aromatic carbocycles. The van der Waals surface area contributed by atoms with Crippen molar-refractivity contribution in [2.75, 3.05) is 0 Å². The molecule has 0 aliphatic carbocycles. The molecule has 2 heteroatoms. The fraction of sp³-hybridized carbons (Fsp3) is 0.233. The van der Waals surface area contributed by atoms with Gasteiger partial charge in [0, 0.05) is 32.9 Å². The van der Waals surface area contributed by atoms with E-state index in [1.54, 1.807) is 0 Å². The van der Waals surface area contributed by atoms with Crippen LogP contribution in [0.25, 0.3) is 122 Å². The van der Waals surface area contributed by atoms with E-state index in [9.17, 15) is 0 Å². The third-order valence-corrected chi connectivity index (χ3v) is 18.8. The van der Waals surface area contributed by atoms with Crippen LogP contribution in [0.5, 0.6) is 0 Å². The smallest absolute Gasteiger partial charge is 0.0541 e. The number of aryl methyl sites for hydroxylation is 4. The summed E-state index contributed by atoms with van der Waals surface area (Å²) >= 11 is 0. The quantitative estimate of drug-likeness (QED) is 0.144. The zero-order valence-corrected chi connectivity index (χ0v) is 54.7. The van der Waals surface area contributed by atoms with E-state index < -0.39 is 0 Å². The van der Waals surface area contributed by atoms with Gasteiger partial charge in [0.05, 0.1) is 22.1 Å². The predicted molar refractivity (Wildman–Crippen MR) is 381 cm³/mol. The number of benzene rings is 11. The average Bonchev–Trinajstić information content (AvgIpc) is 2.02. The number of aromatic nitrogens is 2. The summed E-state index contributed by atoms with van der Waals surface area (Å²) in [4.78, 5) is 0. The Morgan fingerprint density at radius 3 is 0.773 bits per heavy atom. The van der Waals surface area contributed by atoms with Gasteiger partial charge in [0.15, 0.2) is 0 Å². The van der Waals surface area contributed by atoms with Crippen LogP contribution < -0.4 is 0 Å². The minimum absolute atomic E-state index is 0.000835. The van der Waals surface area contributed by atoms with Crippen LogP contribution in [-0.4, -0.2) is 9.13 Å². The van der Waals surface area contributed by atoms with Crippen LogP contribution in [0.1, 0.15) is 128 Å². The molecule has 13 aromatic rings. The van der Waals surface area contributed by atoms with E-state index in [1.807, 2.05) is 0 Å². The maximum Gasteiger partial charge on any atom is 0.0541 e. The standard InChI is InChI=1S/C86H84N2/c1-53-23-37-69(55(3)43-53)57-25-29-59(30-26-57)71-51-74(62-20-18-22-68(46-62)88-81-41-35-65(85(11,12)13)49-77(81)78-50-66(86(14,15)16)36-42-82(78)88)72(60-31-27-58(28-32-60)70-38-24-54(2)44-56(70)4)52-73(71)61-19-17-21-67(45-61)87-79-39-33-63(83(5,6)7)47-75(79)76-48-64(84(8,9)10)34-40-80(76)87/h17-52H,1-16H3. The molecule has 0 aliphatic heterocycles. The fourth-order valence-corrected chi connectivity index (χ4v) is 13.6. The number of nitrogens with zero attached hydrogens (tertiary/aromatic N) is 2. The van der Waals surface area contributed by atoms with E-state index in [4.69, 9.17) is 0 Å². The summed E-state index contributed by atoms with van der Waals surface area (Å²) in [6.07, 6.45) is 0. The van der Waals surface area contributed by atoms with Crippen molar-refractivity contribution in [1.82, 2.24) is 9.13 Å². The van der Waals surface area contributed by atoms with Gasteiger partial charge in [-0.3, -0.25) is 0 Å². The van der Waals surface area contributed by atoms with Crippen LogP contribution >= 0.6 is 0 Å². The third-order valence-electron chi connectivity index (χ3n) is 18.8. The molecule has 13 rings (SSSR count). The summed E-state index contributed by atoms with van der Waals surface area (Å²) in [6, 6.07) is 84.4. The zero-order chi connectivity index (χ0) is 61.9. The molecule has 0 saturated carbocycles. The highest BCUT2D eigenvalue weighted by Crippen LogP contribution is 2.47. The molecule has 438 valence electrons. The molecule has 2 heterocycles. The Morgan fingerprint density at radius 1 is 0.227 bits per heavy atom. The van der Waals surface area contributed by atoms with Gasteiger partial charge in [-0.25, -0.2) is 0 Å². The first-order valence-electron chi connectivity index (χ1n) is 31.7. The van der Waals surface area contributed by atoms with Crippen LogP contribution in [0.2, 0.25) is 0 Å². The maximum atomic E-state index is 2.50. The Kier molecular flexibility index (Phi) is 14.1. The summed E-state index contributed by atoms with van der Waals surface area (Å²) in [7, 11) is 0. The van der Waals surface area contributed by atoms with E-state index in [-0.39, 0.29) is 21.7 Å². The molecule has 2 nitrogen and oxygen atoms in total. The van der Waals surface area contributed by atoms with Crippen molar-refractivity contribution in [3.05, 3.63) is 263 Å². The van der Waals surface area contributed by atoms with Crippen molar-refractivity contribution < 1.29 is 0 Å². The van der Waals surface area contributed by atoms with Gasteiger partial charge in [0.25, 0.3) is 0 Å². The largest absolute Gasteiger partial charge is 0.309 e. The molecule has 0 saturated heterocycles. The lowest BCUT2D eigenvalue weighted by molar-refractivity contribution is 0.590. The van der Waals surface area contributed by atoms with Crippen molar-refractivity contribution >= 4 is 43.6 Å². The Labute approximate surface area is 523 Å². The van der Waals surface area contributed by atoms with Gasteiger partial charge in [0.1, 0.15) is 0 Å². The van der Waals surface area contributed by atoms with Gasteiger partial charge in [-0.2, -0.15) is 0 Å². The third kappa shape index (κ3) is 10.6. The normalized spacial score (nSPS) is 12.5. The van der Waals surface area contributed by atoms with E-state index in [0.29, 0.717) is 0 Å². The summed E-state index contributed by atoms with van der Waals surface area (Å²) in [5.74, 6) is 0. The first-order chi connectivity index (χ1) is 41.8. The van der Waals surface area contributed by atoms with Crippen molar-refractivity contribution in [2.24, 2.45) is 0 Å². The summed E-state index contributed by atoms with van der Waals surface area (Å²) in [6.45, 7) is 36.6. The van der Waals surface area contributed by atoms with Crippen molar-refractivity contribution in [3.63, 3.8) is 0 Å². The molecular formula is C86H84N2. The number of hydrogen-bond acceptors (Lipinski definition) is 0. The van der Waals surface area contributed by atoms with E-state index in [2.05, 4.69) is 338 Å². The Morgan fingerprint density at radius 2 is 0.500 bits per heavy atom. The number of hydrogen-bond donors (Lipinski definition) is 0. The molecule has 0 aliphatic rings. The SMILES string of the molecule is Cc1ccc(-c2ccc(-c3cc(-c4cccc(-n5c6ccc(C(C)(C)C)cc6c6cc(C(C)(C)C)ccc65)c4)c(-c4ccc(-c5ccc(C)cc5C)cc4)cc3-c3cccc(-n4c5ccc(C(C)(C)C)cc5c5cc(C(C)(C)C)ccc54)c3)cc2)c(C)c1. The lowest BCUT2D eigenvalue weighted by Gasteiger charge is -2.21. The van der Waals surface area contributed by atoms with Crippen molar-refractivity contribution in [2.45, 2.75) is 132 Å². The minimum Gasteiger partial charge on any atom is -0.309 e. The highest BCUT2D eigenvalue weighted by atomic mass is 15.0. The molecule has 0 bridgehead atoms. The molecule has 0 amide bonds. The van der Waals surface area contributed by atoms with E-state index in [0.717, 1.165) is 33.6 Å². The van der Waals surface area contributed by atoms with Crippen LogP contribution in [0.3, 0.4) is 0 Å². The van der Waals surface area contributed by atoms with Crippen LogP contribution in [0.15, 0.2) is 218 Å². The Balaban J connectivity index is 1.07. The van der Waals surface area contributed by atoms with Crippen LogP contribution in [-0.2, 0) is 21.7 Å².